The van der Waals surface area contributed by atoms with Crippen molar-refractivity contribution in [2.75, 3.05) is 6.54 Å². The first-order chi connectivity index (χ1) is 12.0. The number of aromatic amines is 1. The number of carbonyl (C=O) groups excluding carboxylic acids is 1. The molecule has 128 valence electrons. The number of aliphatic hydroxyl groups is 1. The van der Waals surface area contributed by atoms with Gasteiger partial charge in [-0.05, 0) is 30.7 Å². The van der Waals surface area contributed by atoms with Crippen LogP contribution in [-0.4, -0.2) is 38.8 Å². The van der Waals surface area contributed by atoms with Gasteiger partial charge in [-0.15, -0.1) is 0 Å². The first-order valence-electron chi connectivity index (χ1n) is 7.90. The average molecular weight is 343 g/mol. The van der Waals surface area contributed by atoms with E-state index in [4.69, 9.17) is 0 Å². The van der Waals surface area contributed by atoms with E-state index in [-0.39, 0.29) is 24.4 Å². The predicted molar refractivity (Wildman–Crippen MR) is 86.9 cm³/mol. The second-order valence-corrected chi connectivity index (χ2v) is 6.17. The number of para-hydroxylation sites is 1. The molecule has 0 saturated carbocycles. The van der Waals surface area contributed by atoms with E-state index < -0.39 is 23.8 Å². The fraction of sp³-hybridized carbons (Fsp3) is 0.222. The van der Waals surface area contributed by atoms with Gasteiger partial charge in [0.2, 0.25) is 0 Å². The van der Waals surface area contributed by atoms with E-state index in [2.05, 4.69) is 10.2 Å². The number of aromatic nitrogens is 2. The zero-order valence-electron chi connectivity index (χ0n) is 13.1. The van der Waals surface area contributed by atoms with Crippen LogP contribution < -0.4 is 0 Å². The molecule has 0 aliphatic carbocycles. The molecule has 1 aliphatic rings. The number of hydrogen-bond acceptors (Lipinski definition) is 3. The highest BCUT2D eigenvalue weighted by molar-refractivity contribution is 6.05. The van der Waals surface area contributed by atoms with E-state index >= 15 is 0 Å². The van der Waals surface area contributed by atoms with Gasteiger partial charge >= 0.3 is 0 Å². The van der Waals surface area contributed by atoms with Crippen LogP contribution in [0.4, 0.5) is 8.78 Å². The fourth-order valence-corrected chi connectivity index (χ4v) is 3.40. The molecule has 2 heterocycles. The van der Waals surface area contributed by atoms with Gasteiger partial charge in [-0.3, -0.25) is 9.89 Å². The van der Waals surface area contributed by atoms with Gasteiger partial charge in [0.1, 0.15) is 11.6 Å². The number of H-pyrrole nitrogens is 1. The Morgan fingerprint density at radius 2 is 2.12 bits per heavy atom. The van der Waals surface area contributed by atoms with E-state index in [9.17, 15) is 18.7 Å². The van der Waals surface area contributed by atoms with Gasteiger partial charge in [0.15, 0.2) is 0 Å². The number of aliphatic hydroxyl groups excluding tert-OH is 1. The van der Waals surface area contributed by atoms with Crippen LogP contribution in [0.25, 0.3) is 10.9 Å². The van der Waals surface area contributed by atoms with E-state index in [1.165, 1.54) is 4.90 Å². The lowest BCUT2D eigenvalue weighted by Crippen LogP contribution is -2.32. The number of likely N-dealkylation sites (tertiary alicyclic amines) is 1. The van der Waals surface area contributed by atoms with Crippen LogP contribution >= 0.6 is 0 Å². The molecule has 2 aromatic carbocycles. The van der Waals surface area contributed by atoms with Crippen molar-refractivity contribution >= 4 is 16.8 Å². The molecule has 1 aromatic heterocycles. The molecule has 1 fully saturated rings. The van der Waals surface area contributed by atoms with Gasteiger partial charge < -0.3 is 10.0 Å². The van der Waals surface area contributed by atoms with Crippen molar-refractivity contribution in [1.29, 1.82) is 0 Å². The normalized spacial score (nSPS) is 20.4. The molecule has 0 radical (unpaired) electrons. The highest BCUT2D eigenvalue weighted by Crippen LogP contribution is 2.35. The number of halogens is 2. The summed E-state index contributed by atoms with van der Waals surface area (Å²) in [7, 11) is 0. The Labute approximate surface area is 141 Å². The van der Waals surface area contributed by atoms with Crippen LogP contribution in [0.2, 0.25) is 0 Å². The first kappa shape index (κ1) is 15.7. The second-order valence-electron chi connectivity index (χ2n) is 6.17. The zero-order valence-corrected chi connectivity index (χ0v) is 13.1. The predicted octanol–water partition coefficient (Wildman–Crippen LogP) is 2.79. The summed E-state index contributed by atoms with van der Waals surface area (Å²) in [6.45, 7) is 0.0595. The molecule has 0 spiro atoms. The molecule has 1 saturated heterocycles. The van der Waals surface area contributed by atoms with Gasteiger partial charge in [0.25, 0.3) is 5.91 Å². The van der Waals surface area contributed by atoms with Crippen LogP contribution in [0.3, 0.4) is 0 Å². The largest absolute Gasteiger partial charge is 0.391 e. The van der Waals surface area contributed by atoms with E-state index in [0.29, 0.717) is 11.1 Å². The van der Waals surface area contributed by atoms with Crippen molar-refractivity contribution in [1.82, 2.24) is 15.1 Å². The van der Waals surface area contributed by atoms with Crippen LogP contribution in [0.1, 0.15) is 28.4 Å². The maximum atomic E-state index is 14.2. The van der Waals surface area contributed by atoms with Crippen LogP contribution in [0.5, 0.6) is 0 Å². The van der Waals surface area contributed by atoms with Crippen molar-refractivity contribution in [2.45, 2.75) is 18.6 Å². The number of hydrogen-bond donors (Lipinski definition) is 2. The lowest BCUT2D eigenvalue weighted by atomic mass is 10.0. The molecule has 7 heteroatoms. The summed E-state index contributed by atoms with van der Waals surface area (Å²) in [5.41, 5.74) is 1.03. The molecule has 1 amide bonds. The van der Waals surface area contributed by atoms with Crippen LogP contribution in [-0.2, 0) is 0 Å². The maximum Gasteiger partial charge on any atom is 0.256 e. The number of rotatable bonds is 2. The van der Waals surface area contributed by atoms with Crippen LogP contribution in [0, 0.1) is 11.6 Å². The number of fused-ring (bicyclic) bond motifs is 1. The van der Waals surface area contributed by atoms with Crippen molar-refractivity contribution < 1.29 is 18.7 Å². The number of carbonyl (C=O) groups is 1. The number of benzene rings is 2. The van der Waals surface area contributed by atoms with Gasteiger partial charge in [0.05, 0.1) is 29.4 Å². The van der Waals surface area contributed by atoms with Gasteiger partial charge in [0, 0.05) is 17.5 Å². The lowest BCUT2D eigenvalue weighted by Gasteiger charge is -2.25. The minimum Gasteiger partial charge on any atom is -0.391 e. The summed E-state index contributed by atoms with van der Waals surface area (Å²) in [5, 5.41) is 17.5. The van der Waals surface area contributed by atoms with E-state index in [1.807, 2.05) is 6.07 Å². The number of amides is 1. The molecule has 2 N–H and O–H groups in total. The minimum atomic E-state index is -0.794. The quantitative estimate of drug-likeness (QED) is 0.752. The molecular weight excluding hydrogens is 328 g/mol. The van der Waals surface area contributed by atoms with Gasteiger partial charge in [-0.2, -0.15) is 5.10 Å². The average Bonchev–Trinajstić information content (AvgIpc) is 3.22. The minimum absolute atomic E-state index is 0.0595. The zero-order chi connectivity index (χ0) is 17.6. The number of β-amino-alcohol motifs (C(OH)–C–C–N with tert-alkyl or cyclic N) is 1. The Kier molecular flexibility index (Phi) is 3.73. The monoisotopic (exact) mass is 343 g/mol. The fourth-order valence-electron chi connectivity index (χ4n) is 3.40. The number of nitrogens with zero attached hydrogens (tertiary/aromatic N) is 2. The Balaban J connectivity index is 1.76. The molecule has 5 nitrogen and oxygen atoms in total. The molecule has 25 heavy (non-hydrogen) atoms. The third-order valence-electron chi connectivity index (χ3n) is 4.56. The van der Waals surface area contributed by atoms with E-state index in [1.54, 1.807) is 18.3 Å². The molecular formula is C18H15F2N3O2. The van der Waals surface area contributed by atoms with Crippen molar-refractivity contribution in [3.8, 4) is 0 Å². The Bertz CT molecular complexity index is 956. The maximum absolute atomic E-state index is 14.2. The standard InChI is InChI=1S/C18H15F2N3O2/c19-11-4-5-15(20)14(6-11)16-7-12(24)9-23(16)18(25)13-3-1-2-10-8-21-22-17(10)13/h1-6,8,12,16,24H,7,9H2,(H,21,22)/t12-,16+/m0/s1. The number of nitrogens with one attached hydrogen (secondary N) is 1. The third-order valence-corrected chi connectivity index (χ3v) is 4.56. The molecule has 2 atom stereocenters. The SMILES string of the molecule is O=C(c1cccc2cn[nH]c12)N1C[C@@H](O)C[C@@H]1c1cc(F)ccc1F. The molecule has 0 unspecified atom stereocenters. The van der Waals surface area contributed by atoms with Crippen molar-refractivity contribution in [3.05, 3.63) is 65.4 Å². The molecule has 0 bridgehead atoms. The Morgan fingerprint density at radius 1 is 1.28 bits per heavy atom. The Hall–Kier alpha value is -2.80. The summed E-state index contributed by atoms with van der Waals surface area (Å²) in [6.07, 6.45) is 0.970. The smallest absolute Gasteiger partial charge is 0.256 e. The van der Waals surface area contributed by atoms with E-state index in [0.717, 1.165) is 23.6 Å². The highest BCUT2D eigenvalue weighted by atomic mass is 19.1. The lowest BCUT2D eigenvalue weighted by molar-refractivity contribution is 0.0715. The molecule has 4 rings (SSSR count). The molecule has 3 aromatic rings. The van der Waals surface area contributed by atoms with Crippen molar-refractivity contribution in [3.63, 3.8) is 0 Å². The third kappa shape index (κ3) is 2.66. The Morgan fingerprint density at radius 3 is 2.96 bits per heavy atom. The van der Waals surface area contributed by atoms with Crippen LogP contribution in [0.15, 0.2) is 42.6 Å². The summed E-state index contributed by atoms with van der Waals surface area (Å²) >= 11 is 0. The summed E-state index contributed by atoms with van der Waals surface area (Å²) in [4.78, 5) is 14.4. The molecule has 1 aliphatic heterocycles. The summed E-state index contributed by atoms with van der Waals surface area (Å²) in [6, 6.07) is 7.61. The summed E-state index contributed by atoms with van der Waals surface area (Å²) < 4.78 is 27.8. The summed E-state index contributed by atoms with van der Waals surface area (Å²) in [5.74, 6) is -1.54. The van der Waals surface area contributed by atoms with Gasteiger partial charge in [-0.25, -0.2) is 8.78 Å². The second kappa shape index (κ2) is 5.93. The highest BCUT2D eigenvalue weighted by Gasteiger charge is 2.37. The van der Waals surface area contributed by atoms with Crippen molar-refractivity contribution in [2.24, 2.45) is 0 Å². The topological polar surface area (TPSA) is 69.2 Å². The first-order valence-corrected chi connectivity index (χ1v) is 7.90. The van der Waals surface area contributed by atoms with Gasteiger partial charge in [-0.1, -0.05) is 12.1 Å².